The Hall–Kier alpha value is -1.82. The summed E-state index contributed by atoms with van der Waals surface area (Å²) < 4.78 is 11.5. The van der Waals surface area contributed by atoms with Crippen LogP contribution in [0.15, 0.2) is 24.3 Å². The predicted octanol–water partition coefficient (Wildman–Crippen LogP) is 4.15. The number of halogens is 1. The summed E-state index contributed by atoms with van der Waals surface area (Å²) in [6.45, 7) is 5.35. The Balaban J connectivity index is 2.66. The lowest BCUT2D eigenvalue weighted by Gasteiger charge is -2.20. The highest BCUT2D eigenvalue weighted by Gasteiger charge is 2.26. The second kappa shape index (κ2) is 6.74. The minimum atomic E-state index is -0.658. The number of esters is 1. The molecule has 1 aromatic heterocycles. The molecule has 0 spiro atoms. The lowest BCUT2D eigenvalue weighted by atomic mass is 10.1. The third kappa shape index (κ3) is 3.75. The van der Waals surface area contributed by atoms with Crippen molar-refractivity contribution in [3.8, 4) is 0 Å². The molecule has 5 nitrogen and oxygen atoms in total. The normalized spacial score (nSPS) is 11.5. The number of alkyl halides is 1. The molecule has 0 aliphatic carbocycles. The van der Waals surface area contributed by atoms with Gasteiger partial charge in [0.15, 0.2) is 0 Å². The van der Waals surface area contributed by atoms with Gasteiger partial charge in [0.05, 0.1) is 12.6 Å². The fraction of sp³-hybridized carbons (Fsp3) is 0.412. The van der Waals surface area contributed by atoms with Crippen molar-refractivity contribution in [2.45, 2.75) is 32.8 Å². The van der Waals surface area contributed by atoms with Crippen molar-refractivity contribution in [2.24, 2.45) is 0 Å². The Bertz CT molecular complexity index is 743. The summed E-state index contributed by atoms with van der Waals surface area (Å²) >= 11 is 3.42. The van der Waals surface area contributed by atoms with E-state index in [1.165, 1.54) is 11.7 Å². The van der Waals surface area contributed by atoms with E-state index in [4.69, 9.17) is 9.47 Å². The summed E-state index contributed by atoms with van der Waals surface area (Å²) in [6, 6.07) is 7.32. The summed E-state index contributed by atoms with van der Waals surface area (Å²) in [7, 11) is 1.29. The van der Waals surface area contributed by atoms with Crippen molar-refractivity contribution in [3.63, 3.8) is 0 Å². The topological polar surface area (TPSA) is 57.5 Å². The monoisotopic (exact) mass is 381 g/mol. The number of aromatic nitrogens is 1. The van der Waals surface area contributed by atoms with Crippen molar-refractivity contribution < 1.29 is 19.1 Å². The van der Waals surface area contributed by atoms with Crippen LogP contribution in [-0.4, -0.2) is 34.7 Å². The molecule has 6 heteroatoms. The number of hydrogen-bond donors (Lipinski definition) is 0. The quantitative estimate of drug-likeness (QED) is 0.591. The third-order valence-corrected chi connectivity index (χ3v) is 3.67. The zero-order valence-corrected chi connectivity index (χ0v) is 15.3. The van der Waals surface area contributed by atoms with E-state index in [1.54, 1.807) is 32.9 Å². The van der Waals surface area contributed by atoms with Gasteiger partial charge in [0.25, 0.3) is 0 Å². The number of nitrogens with zero attached hydrogens (tertiary/aromatic N) is 1. The maximum absolute atomic E-state index is 12.6. The van der Waals surface area contributed by atoms with Crippen LogP contribution in [0.2, 0.25) is 0 Å². The van der Waals surface area contributed by atoms with Gasteiger partial charge in [-0.1, -0.05) is 28.1 Å². The van der Waals surface area contributed by atoms with Gasteiger partial charge >= 0.3 is 12.1 Å². The van der Waals surface area contributed by atoms with Crippen LogP contribution < -0.4 is 0 Å². The number of fused-ring (bicyclic) bond motifs is 1. The molecule has 0 radical (unpaired) electrons. The molecule has 0 fully saturated rings. The third-order valence-electron chi connectivity index (χ3n) is 3.27. The Kier molecular flexibility index (Phi) is 5.14. The number of carbonyl (C=O) groups excluding carboxylic acids is 2. The van der Waals surface area contributed by atoms with Crippen molar-refractivity contribution >= 4 is 38.9 Å². The molecule has 2 rings (SSSR count). The first kappa shape index (κ1) is 17.5. The molecule has 0 amide bonds. The summed E-state index contributed by atoms with van der Waals surface area (Å²) in [5.74, 6) is -0.572. The van der Waals surface area contributed by atoms with Crippen LogP contribution in [0.3, 0.4) is 0 Å². The van der Waals surface area contributed by atoms with Gasteiger partial charge in [0.2, 0.25) is 0 Å². The molecule has 0 saturated heterocycles. The van der Waals surface area contributed by atoms with E-state index in [1.807, 2.05) is 12.1 Å². The first-order valence-corrected chi connectivity index (χ1v) is 8.41. The average Bonchev–Trinajstić information content (AvgIpc) is 2.85. The number of aryl methyl sites for hydroxylation is 1. The Morgan fingerprint density at radius 1 is 1.26 bits per heavy atom. The Morgan fingerprint density at radius 2 is 1.96 bits per heavy atom. The molecular formula is C17H20BrNO4. The standard InChI is InChI=1S/C17H20BrNO4/c1-17(2,3)23-16(21)19-13-7-5-6-11(8-9-18)12(13)10-14(19)15(20)22-4/h5-7,10H,8-9H2,1-4H3. The highest BCUT2D eigenvalue weighted by molar-refractivity contribution is 9.09. The van der Waals surface area contributed by atoms with Gasteiger partial charge in [-0.25, -0.2) is 14.2 Å². The molecule has 124 valence electrons. The molecular weight excluding hydrogens is 362 g/mol. The van der Waals surface area contributed by atoms with Crippen molar-refractivity contribution in [2.75, 3.05) is 12.4 Å². The van der Waals surface area contributed by atoms with Crippen LogP contribution in [-0.2, 0) is 15.9 Å². The first-order valence-electron chi connectivity index (χ1n) is 7.29. The van der Waals surface area contributed by atoms with Crippen molar-refractivity contribution in [1.82, 2.24) is 4.57 Å². The van der Waals surface area contributed by atoms with E-state index in [9.17, 15) is 9.59 Å². The van der Waals surface area contributed by atoms with E-state index in [0.29, 0.717) is 5.52 Å². The molecule has 0 atom stereocenters. The molecule has 0 N–H and O–H groups in total. The molecule has 0 aliphatic heterocycles. The van der Waals surface area contributed by atoms with Gasteiger partial charge in [-0.2, -0.15) is 0 Å². The summed E-state index contributed by atoms with van der Waals surface area (Å²) in [6.07, 6.45) is 0.194. The van der Waals surface area contributed by atoms with Crippen molar-refractivity contribution in [1.29, 1.82) is 0 Å². The van der Waals surface area contributed by atoms with Gasteiger partial charge in [-0.15, -0.1) is 0 Å². The van der Waals surface area contributed by atoms with E-state index < -0.39 is 17.7 Å². The van der Waals surface area contributed by atoms with Crippen molar-refractivity contribution in [3.05, 3.63) is 35.5 Å². The minimum absolute atomic E-state index is 0.166. The van der Waals surface area contributed by atoms with E-state index in [2.05, 4.69) is 15.9 Å². The van der Waals surface area contributed by atoms with Crippen LogP contribution in [0.1, 0.15) is 36.8 Å². The van der Waals surface area contributed by atoms with Gasteiger partial charge in [0, 0.05) is 10.7 Å². The lowest BCUT2D eigenvalue weighted by Crippen LogP contribution is -2.29. The van der Waals surface area contributed by atoms with Gasteiger partial charge < -0.3 is 9.47 Å². The molecule has 23 heavy (non-hydrogen) atoms. The van der Waals surface area contributed by atoms with Crippen LogP contribution in [0.25, 0.3) is 10.9 Å². The molecule has 0 bridgehead atoms. The number of hydrogen-bond acceptors (Lipinski definition) is 4. The second-order valence-electron chi connectivity index (χ2n) is 6.13. The van der Waals surface area contributed by atoms with E-state index >= 15 is 0 Å². The van der Waals surface area contributed by atoms with Crippen LogP contribution in [0, 0.1) is 0 Å². The molecule has 2 aromatic rings. The van der Waals surface area contributed by atoms with Crippen LogP contribution in [0.5, 0.6) is 0 Å². The maximum Gasteiger partial charge on any atom is 0.419 e. The largest absolute Gasteiger partial charge is 0.464 e. The fourth-order valence-corrected chi connectivity index (χ4v) is 2.80. The fourth-order valence-electron chi connectivity index (χ4n) is 2.37. The van der Waals surface area contributed by atoms with Crippen LogP contribution in [0.4, 0.5) is 4.79 Å². The summed E-state index contributed by atoms with van der Waals surface area (Å²) in [5.41, 5.74) is 1.19. The molecule has 0 saturated carbocycles. The molecule has 1 aromatic carbocycles. The van der Waals surface area contributed by atoms with E-state index in [0.717, 1.165) is 22.7 Å². The van der Waals surface area contributed by atoms with Gasteiger partial charge in [-0.3, -0.25) is 0 Å². The summed E-state index contributed by atoms with van der Waals surface area (Å²) in [5, 5.41) is 1.63. The average molecular weight is 382 g/mol. The number of carbonyl (C=O) groups is 2. The lowest BCUT2D eigenvalue weighted by molar-refractivity contribution is 0.0490. The van der Waals surface area contributed by atoms with Gasteiger partial charge in [-0.05, 0) is 44.9 Å². The second-order valence-corrected chi connectivity index (χ2v) is 6.92. The highest BCUT2D eigenvalue weighted by Crippen LogP contribution is 2.26. The SMILES string of the molecule is COC(=O)c1cc2c(CCBr)cccc2n1C(=O)OC(C)(C)C. The number of benzene rings is 1. The number of ether oxygens (including phenoxy) is 2. The minimum Gasteiger partial charge on any atom is -0.464 e. The van der Waals surface area contributed by atoms with Crippen LogP contribution >= 0.6 is 15.9 Å². The molecule has 0 aliphatic rings. The highest BCUT2D eigenvalue weighted by atomic mass is 79.9. The smallest absolute Gasteiger partial charge is 0.419 e. The number of methoxy groups -OCH3 is 1. The Morgan fingerprint density at radius 3 is 2.52 bits per heavy atom. The molecule has 1 heterocycles. The predicted molar refractivity (Wildman–Crippen MR) is 92.4 cm³/mol. The van der Waals surface area contributed by atoms with E-state index in [-0.39, 0.29) is 5.69 Å². The zero-order chi connectivity index (χ0) is 17.2. The maximum atomic E-state index is 12.6. The zero-order valence-electron chi connectivity index (χ0n) is 13.7. The first-order chi connectivity index (χ1) is 10.8. The Labute approximate surface area is 143 Å². The van der Waals surface area contributed by atoms with Gasteiger partial charge in [0.1, 0.15) is 11.3 Å². The molecule has 0 unspecified atom stereocenters. The number of rotatable bonds is 3. The summed E-state index contributed by atoms with van der Waals surface area (Å²) in [4.78, 5) is 24.7.